The number of carbonyl (C=O) groups excluding carboxylic acids is 1. The molecule has 1 heterocycles. The second kappa shape index (κ2) is 8.09. The third-order valence-electron chi connectivity index (χ3n) is 3.99. The van der Waals surface area contributed by atoms with Gasteiger partial charge in [-0.25, -0.2) is 4.79 Å². The van der Waals surface area contributed by atoms with E-state index in [1.54, 1.807) is 4.90 Å². The molecule has 6 heteroatoms. The molecular weight excluding hydrogens is 260 g/mol. The molecule has 0 spiro atoms. The summed E-state index contributed by atoms with van der Waals surface area (Å²) in [5.41, 5.74) is 0. The molecule has 0 saturated carbocycles. The number of hydrogen-bond acceptors (Lipinski definition) is 3. The SMILES string of the molecule is CCC(C)N(CC(=O)O)C(=O)N1CCCC1CCCO. The van der Waals surface area contributed by atoms with Crippen molar-refractivity contribution in [2.45, 2.75) is 58.0 Å². The van der Waals surface area contributed by atoms with Crippen molar-refractivity contribution in [3.05, 3.63) is 0 Å². The third kappa shape index (κ3) is 4.37. The third-order valence-corrected chi connectivity index (χ3v) is 3.99. The Kier molecular flexibility index (Phi) is 6.78. The smallest absolute Gasteiger partial charge is 0.323 e. The second-order valence-corrected chi connectivity index (χ2v) is 5.42. The Hall–Kier alpha value is -1.30. The lowest BCUT2D eigenvalue weighted by molar-refractivity contribution is -0.138. The van der Waals surface area contributed by atoms with E-state index in [0.717, 1.165) is 25.7 Å². The minimum Gasteiger partial charge on any atom is -0.480 e. The lowest BCUT2D eigenvalue weighted by Crippen LogP contribution is -2.50. The Morgan fingerprint density at radius 1 is 1.45 bits per heavy atom. The molecule has 6 nitrogen and oxygen atoms in total. The summed E-state index contributed by atoms with van der Waals surface area (Å²) < 4.78 is 0. The maximum Gasteiger partial charge on any atom is 0.323 e. The predicted octanol–water partition coefficient (Wildman–Crippen LogP) is 1.53. The number of nitrogens with zero attached hydrogens (tertiary/aromatic N) is 2. The van der Waals surface area contributed by atoms with Gasteiger partial charge in [0.2, 0.25) is 0 Å². The average Bonchev–Trinajstić information content (AvgIpc) is 2.89. The van der Waals surface area contributed by atoms with Crippen LogP contribution in [0, 0.1) is 0 Å². The van der Waals surface area contributed by atoms with Gasteiger partial charge in [0.05, 0.1) is 0 Å². The maximum absolute atomic E-state index is 12.6. The number of amides is 2. The van der Waals surface area contributed by atoms with E-state index in [0.29, 0.717) is 13.0 Å². The topological polar surface area (TPSA) is 81.1 Å². The molecule has 0 aromatic rings. The Morgan fingerprint density at radius 2 is 2.15 bits per heavy atom. The standard InChI is InChI=1S/C14H26N2O4/c1-3-11(2)16(10-13(18)19)14(20)15-8-4-6-12(15)7-5-9-17/h11-12,17H,3-10H2,1-2H3,(H,18,19). The van der Waals surface area contributed by atoms with Gasteiger partial charge in [-0.05, 0) is 39.0 Å². The van der Waals surface area contributed by atoms with Gasteiger partial charge in [-0.15, -0.1) is 0 Å². The number of urea groups is 1. The van der Waals surface area contributed by atoms with E-state index < -0.39 is 5.97 Å². The van der Waals surface area contributed by atoms with E-state index in [2.05, 4.69) is 0 Å². The van der Waals surface area contributed by atoms with Gasteiger partial charge in [0.25, 0.3) is 0 Å². The minimum absolute atomic E-state index is 0.0855. The number of aliphatic hydroxyl groups is 1. The van der Waals surface area contributed by atoms with E-state index in [9.17, 15) is 9.59 Å². The maximum atomic E-state index is 12.6. The molecule has 0 aromatic carbocycles. The van der Waals surface area contributed by atoms with Crippen LogP contribution in [-0.4, -0.2) is 63.8 Å². The van der Waals surface area contributed by atoms with E-state index in [1.807, 2.05) is 13.8 Å². The highest BCUT2D eigenvalue weighted by atomic mass is 16.4. The molecule has 1 aliphatic rings. The van der Waals surface area contributed by atoms with Gasteiger partial charge < -0.3 is 20.0 Å². The van der Waals surface area contributed by atoms with Crippen LogP contribution in [0.25, 0.3) is 0 Å². The van der Waals surface area contributed by atoms with E-state index in [-0.39, 0.29) is 31.3 Å². The Morgan fingerprint density at radius 3 is 2.70 bits per heavy atom. The van der Waals surface area contributed by atoms with Crippen molar-refractivity contribution >= 4 is 12.0 Å². The lowest BCUT2D eigenvalue weighted by atomic mass is 10.1. The molecule has 2 amide bonds. The minimum atomic E-state index is -0.982. The van der Waals surface area contributed by atoms with Crippen molar-refractivity contribution in [3.63, 3.8) is 0 Å². The number of aliphatic carboxylic acids is 1. The van der Waals surface area contributed by atoms with Crippen LogP contribution in [0.1, 0.15) is 46.0 Å². The van der Waals surface area contributed by atoms with Gasteiger partial charge in [0, 0.05) is 25.2 Å². The molecule has 1 fully saturated rings. The zero-order valence-corrected chi connectivity index (χ0v) is 12.4. The van der Waals surface area contributed by atoms with Gasteiger partial charge >= 0.3 is 12.0 Å². The molecule has 0 aliphatic carbocycles. The number of carboxylic acid groups (broad SMARTS) is 1. The molecule has 1 rings (SSSR count). The summed E-state index contributed by atoms with van der Waals surface area (Å²) in [7, 11) is 0. The highest BCUT2D eigenvalue weighted by Gasteiger charge is 2.33. The Bertz CT molecular complexity index is 335. The molecule has 20 heavy (non-hydrogen) atoms. The lowest BCUT2D eigenvalue weighted by Gasteiger charge is -2.34. The van der Waals surface area contributed by atoms with Crippen LogP contribution in [0.15, 0.2) is 0 Å². The summed E-state index contributed by atoms with van der Waals surface area (Å²) in [5, 5.41) is 17.9. The number of aliphatic hydroxyl groups excluding tert-OH is 1. The predicted molar refractivity (Wildman–Crippen MR) is 75.5 cm³/mol. The van der Waals surface area contributed by atoms with E-state index in [4.69, 9.17) is 10.2 Å². The van der Waals surface area contributed by atoms with Gasteiger partial charge in [-0.2, -0.15) is 0 Å². The first kappa shape index (κ1) is 16.8. The number of hydrogen-bond donors (Lipinski definition) is 2. The van der Waals surface area contributed by atoms with Crippen LogP contribution < -0.4 is 0 Å². The van der Waals surface area contributed by atoms with Gasteiger partial charge in [0.15, 0.2) is 0 Å². The zero-order valence-electron chi connectivity index (χ0n) is 12.4. The molecule has 0 bridgehead atoms. The van der Waals surface area contributed by atoms with Gasteiger partial charge in [0.1, 0.15) is 6.54 Å². The largest absolute Gasteiger partial charge is 0.480 e. The van der Waals surface area contributed by atoms with Crippen LogP contribution in [0.5, 0.6) is 0 Å². The molecule has 1 saturated heterocycles. The first-order chi connectivity index (χ1) is 9.51. The molecule has 116 valence electrons. The van der Waals surface area contributed by atoms with Crippen LogP contribution in [0.4, 0.5) is 4.79 Å². The van der Waals surface area contributed by atoms with Crippen LogP contribution in [0.3, 0.4) is 0 Å². The summed E-state index contributed by atoms with van der Waals surface area (Å²) in [5.74, 6) is -0.982. The monoisotopic (exact) mass is 286 g/mol. The van der Waals surface area contributed by atoms with Gasteiger partial charge in [-0.3, -0.25) is 4.79 Å². The van der Waals surface area contributed by atoms with Crippen molar-refractivity contribution in [2.24, 2.45) is 0 Å². The highest BCUT2D eigenvalue weighted by molar-refractivity contribution is 5.80. The molecule has 2 unspecified atom stereocenters. The van der Waals surface area contributed by atoms with E-state index >= 15 is 0 Å². The van der Waals surface area contributed by atoms with Gasteiger partial charge in [-0.1, -0.05) is 6.92 Å². The van der Waals surface area contributed by atoms with Crippen molar-refractivity contribution in [1.29, 1.82) is 0 Å². The van der Waals surface area contributed by atoms with Crippen LogP contribution in [0.2, 0.25) is 0 Å². The first-order valence-corrected chi connectivity index (χ1v) is 7.41. The molecule has 2 atom stereocenters. The summed E-state index contributed by atoms with van der Waals surface area (Å²) >= 11 is 0. The fraction of sp³-hybridized carbons (Fsp3) is 0.857. The van der Waals surface area contributed by atoms with Crippen molar-refractivity contribution in [3.8, 4) is 0 Å². The zero-order chi connectivity index (χ0) is 15.1. The fourth-order valence-electron chi connectivity index (χ4n) is 2.66. The molecular formula is C14H26N2O4. The summed E-state index contributed by atoms with van der Waals surface area (Å²) in [6.07, 6.45) is 4.07. The van der Waals surface area contributed by atoms with E-state index in [1.165, 1.54) is 4.90 Å². The van der Waals surface area contributed by atoms with Crippen molar-refractivity contribution in [2.75, 3.05) is 19.7 Å². The quantitative estimate of drug-likeness (QED) is 0.743. The fourth-order valence-corrected chi connectivity index (χ4v) is 2.66. The average molecular weight is 286 g/mol. The molecule has 2 N–H and O–H groups in total. The van der Waals surface area contributed by atoms with Crippen LogP contribution in [-0.2, 0) is 4.79 Å². The van der Waals surface area contributed by atoms with Crippen molar-refractivity contribution in [1.82, 2.24) is 9.80 Å². The number of rotatable bonds is 7. The van der Waals surface area contributed by atoms with Crippen molar-refractivity contribution < 1.29 is 19.8 Å². The molecule has 0 radical (unpaired) electrons. The first-order valence-electron chi connectivity index (χ1n) is 7.41. The molecule has 1 aliphatic heterocycles. The molecule has 0 aromatic heterocycles. The summed E-state index contributed by atoms with van der Waals surface area (Å²) in [6.45, 7) is 4.38. The highest BCUT2D eigenvalue weighted by Crippen LogP contribution is 2.23. The summed E-state index contributed by atoms with van der Waals surface area (Å²) in [4.78, 5) is 26.8. The number of likely N-dealkylation sites (tertiary alicyclic amines) is 1. The summed E-state index contributed by atoms with van der Waals surface area (Å²) in [6, 6.07) is -0.130. The normalized spacial score (nSPS) is 19.9. The Labute approximate surface area is 120 Å². The number of carbonyl (C=O) groups is 2. The second-order valence-electron chi connectivity index (χ2n) is 5.42. The number of carboxylic acids is 1. The van der Waals surface area contributed by atoms with Crippen LogP contribution >= 0.6 is 0 Å². The Balaban J connectivity index is 2.74.